The van der Waals surface area contributed by atoms with E-state index < -0.39 is 6.10 Å². The summed E-state index contributed by atoms with van der Waals surface area (Å²) < 4.78 is 0. The Balaban J connectivity index is 2.09. The average Bonchev–Trinajstić information content (AvgIpc) is 3.09. The molecule has 2 rings (SSSR count). The van der Waals surface area contributed by atoms with Crippen LogP contribution in [0.2, 0.25) is 0 Å². The molecule has 0 aromatic carbocycles. The first-order valence-electron chi connectivity index (χ1n) is 7.69. The van der Waals surface area contributed by atoms with Crippen LogP contribution in [0.1, 0.15) is 56.9 Å². The second kappa shape index (κ2) is 7.23. The van der Waals surface area contributed by atoms with E-state index in [2.05, 4.69) is 30.6 Å². The summed E-state index contributed by atoms with van der Waals surface area (Å²) in [7, 11) is 0. The molecular formula is C16H25NO2S. The molecule has 0 saturated heterocycles. The zero-order chi connectivity index (χ0) is 14.5. The summed E-state index contributed by atoms with van der Waals surface area (Å²) in [4.78, 5) is 13.7. The predicted molar refractivity (Wildman–Crippen MR) is 82.6 cm³/mol. The molecule has 1 aromatic heterocycles. The van der Waals surface area contributed by atoms with Crippen molar-refractivity contribution in [2.24, 2.45) is 11.8 Å². The highest BCUT2D eigenvalue weighted by Crippen LogP contribution is 2.32. The van der Waals surface area contributed by atoms with Gasteiger partial charge in [0.2, 0.25) is 5.91 Å². The predicted octanol–water partition coefficient (Wildman–Crippen LogP) is 3.50. The number of carbonyl (C=O) groups is 1. The molecule has 1 aliphatic carbocycles. The van der Waals surface area contributed by atoms with Crippen LogP contribution >= 0.6 is 11.3 Å². The standard InChI is InChI=1S/C16H25NO2S/c1-3-11(4-2)15(14-9-6-10-20-14)17-16(19)12-7-5-8-13(12)18/h6,9-13,15,18H,3-5,7-8H2,1-2H3,(H,17,19). The summed E-state index contributed by atoms with van der Waals surface area (Å²) in [6.45, 7) is 4.34. The molecule has 20 heavy (non-hydrogen) atoms. The Bertz CT molecular complexity index is 414. The quantitative estimate of drug-likeness (QED) is 0.844. The number of rotatable bonds is 6. The van der Waals surface area contributed by atoms with Crippen molar-refractivity contribution in [2.75, 3.05) is 0 Å². The first kappa shape index (κ1) is 15.5. The van der Waals surface area contributed by atoms with E-state index in [1.165, 1.54) is 4.88 Å². The van der Waals surface area contributed by atoms with Crippen LogP contribution in [0.5, 0.6) is 0 Å². The van der Waals surface area contributed by atoms with Gasteiger partial charge in [-0.2, -0.15) is 0 Å². The maximum atomic E-state index is 12.4. The Morgan fingerprint density at radius 1 is 1.45 bits per heavy atom. The SMILES string of the molecule is CCC(CC)C(NC(=O)C1CCCC1O)c1cccs1. The minimum atomic E-state index is -0.458. The third-order valence-electron chi connectivity index (χ3n) is 4.48. The Labute approximate surface area is 125 Å². The van der Waals surface area contributed by atoms with Crippen molar-refractivity contribution in [3.63, 3.8) is 0 Å². The largest absolute Gasteiger partial charge is 0.392 e. The average molecular weight is 295 g/mol. The van der Waals surface area contributed by atoms with Gasteiger partial charge in [0.15, 0.2) is 0 Å². The molecule has 1 fully saturated rings. The van der Waals surface area contributed by atoms with E-state index in [0.717, 1.165) is 32.1 Å². The fraction of sp³-hybridized carbons (Fsp3) is 0.688. The van der Waals surface area contributed by atoms with Crippen molar-refractivity contribution >= 4 is 17.2 Å². The molecule has 0 radical (unpaired) electrons. The zero-order valence-corrected chi connectivity index (χ0v) is 13.2. The fourth-order valence-electron chi connectivity index (χ4n) is 3.16. The lowest BCUT2D eigenvalue weighted by Crippen LogP contribution is -2.39. The molecule has 3 nitrogen and oxygen atoms in total. The molecule has 1 heterocycles. The van der Waals surface area contributed by atoms with Crippen LogP contribution in [0, 0.1) is 11.8 Å². The minimum Gasteiger partial charge on any atom is -0.392 e. The summed E-state index contributed by atoms with van der Waals surface area (Å²) >= 11 is 1.70. The van der Waals surface area contributed by atoms with Crippen LogP contribution in [-0.4, -0.2) is 17.1 Å². The van der Waals surface area contributed by atoms with Gasteiger partial charge in [-0.05, 0) is 36.6 Å². The summed E-state index contributed by atoms with van der Waals surface area (Å²) in [6.07, 6.45) is 4.16. The third kappa shape index (κ3) is 3.41. The molecule has 0 aliphatic heterocycles. The molecule has 3 unspecified atom stereocenters. The van der Waals surface area contributed by atoms with Crippen molar-refractivity contribution in [1.29, 1.82) is 0 Å². The molecule has 1 saturated carbocycles. The highest BCUT2D eigenvalue weighted by atomic mass is 32.1. The molecule has 1 aliphatic rings. The van der Waals surface area contributed by atoms with E-state index in [4.69, 9.17) is 0 Å². The van der Waals surface area contributed by atoms with Gasteiger partial charge in [0.1, 0.15) is 0 Å². The second-order valence-electron chi connectivity index (χ2n) is 5.68. The van der Waals surface area contributed by atoms with Gasteiger partial charge in [0.25, 0.3) is 0 Å². The lowest BCUT2D eigenvalue weighted by molar-refractivity contribution is -0.128. The minimum absolute atomic E-state index is 0.0281. The van der Waals surface area contributed by atoms with Gasteiger partial charge in [-0.15, -0.1) is 11.3 Å². The van der Waals surface area contributed by atoms with Crippen LogP contribution in [0.3, 0.4) is 0 Å². The summed E-state index contributed by atoms with van der Waals surface area (Å²) in [5.74, 6) is 0.267. The first-order chi connectivity index (χ1) is 9.67. The van der Waals surface area contributed by atoms with Crippen LogP contribution in [-0.2, 0) is 4.79 Å². The Morgan fingerprint density at radius 3 is 2.70 bits per heavy atom. The number of thiophene rings is 1. The van der Waals surface area contributed by atoms with Crippen LogP contribution in [0.25, 0.3) is 0 Å². The lowest BCUT2D eigenvalue weighted by atomic mass is 9.92. The van der Waals surface area contributed by atoms with E-state index >= 15 is 0 Å². The highest BCUT2D eigenvalue weighted by molar-refractivity contribution is 7.10. The van der Waals surface area contributed by atoms with Gasteiger partial charge in [0, 0.05) is 4.88 Å². The van der Waals surface area contributed by atoms with E-state index in [1.54, 1.807) is 11.3 Å². The van der Waals surface area contributed by atoms with Crippen molar-refractivity contribution in [3.8, 4) is 0 Å². The molecule has 2 N–H and O–H groups in total. The van der Waals surface area contributed by atoms with Gasteiger partial charge in [-0.25, -0.2) is 0 Å². The molecule has 3 atom stereocenters. The molecule has 1 aromatic rings. The number of amides is 1. The summed E-state index contributed by atoms with van der Waals surface area (Å²) in [5.41, 5.74) is 0. The van der Waals surface area contributed by atoms with E-state index in [1.807, 2.05) is 6.07 Å². The van der Waals surface area contributed by atoms with E-state index in [9.17, 15) is 9.90 Å². The van der Waals surface area contributed by atoms with Crippen molar-refractivity contribution < 1.29 is 9.90 Å². The lowest BCUT2D eigenvalue weighted by Gasteiger charge is -2.27. The second-order valence-corrected chi connectivity index (χ2v) is 6.66. The molecule has 0 bridgehead atoms. The molecule has 1 amide bonds. The molecule has 0 spiro atoms. The normalized spacial score (nSPS) is 24.0. The highest BCUT2D eigenvalue weighted by Gasteiger charge is 2.34. The van der Waals surface area contributed by atoms with Crippen molar-refractivity contribution in [1.82, 2.24) is 5.32 Å². The zero-order valence-electron chi connectivity index (χ0n) is 12.3. The smallest absolute Gasteiger partial charge is 0.226 e. The van der Waals surface area contributed by atoms with Crippen molar-refractivity contribution in [2.45, 2.75) is 58.1 Å². The maximum Gasteiger partial charge on any atom is 0.226 e. The number of aliphatic hydroxyl groups excluding tert-OH is 1. The van der Waals surface area contributed by atoms with Crippen molar-refractivity contribution in [3.05, 3.63) is 22.4 Å². The summed E-state index contributed by atoms with van der Waals surface area (Å²) in [5, 5.41) is 15.2. The van der Waals surface area contributed by atoms with Gasteiger partial charge >= 0.3 is 0 Å². The fourth-order valence-corrected chi connectivity index (χ4v) is 4.03. The maximum absolute atomic E-state index is 12.4. The van der Waals surface area contributed by atoms with Crippen LogP contribution in [0.15, 0.2) is 17.5 Å². The van der Waals surface area contributed by atoms with Gasteiger partial charge in [-0.3, -0.25) is 4.79 Å². The number of hydrogen-bond acceptors (Lipinski definition) is 3. The van der Waals surface area contributed by atoms with Crippen LogP contribution in [0.4, 0.5) is 0 Å². The number of aliphatic hydroxyl groups is 1. The summed E-state index contributed by atoms with van der Waals surface area (Å²) in [6, 6.07) is 4.22. The topological polar surface area (TPSA) is 49.3 Å². The number of carbonyl (C=O) groups excluding carboxylic acids is 1. The Hall–Kier alpha value is -0.870. The third-order valence-corrected chi connectivity index (χ3v) is 5.44. The van der Waals surface area contributed by atoms with Gasteiger partial charge in [0.05, 0.1) is 18.1 Å². The number of hydrogen-bond donors (Lipinski definition) is 2. The first-order valence-corrected chi connectivity index (χ1v) is 8.57. The van der Waals surface area contributed by atoms with Gasteiger partial charge in [-0.1, -0.05) is 32.8 Å². The molecule has 112 valence electrons. The van der Waals surface area contributed by atoms with E-state index in [0.29, 0.717) is 5.92 Å². The Kier molecular flexibility index (Phi) is 5.61. The molecule has 4 heteroatoms. The number of nitrogens with one attached hydrogen (secondary N) is 1. The molecular weight excluding hydrogens is 270 g/mol. The monoisotopic (exact) mass is 295 g/mol. The van der Waals surface area contributed by atoms with Gasteiger partial charge < -0.3 is 10.4 Å². The van der Waals surface area contributed by atoms with Crippen LogP contribution < -0.4 is 5.32 Å². The van der Waals surface area contributed by atoms with E-state index in [-0.39, 0.29) is 17.9 Å². The Morgan fingerprint density at radius 2 is 2.20 bits per heavy atom.